The Bertz CT molecular complexity index is 585. The fraction of sp³-hybridized carbons (Fsp3) is 0.429. The minimum absolute atomic E-state index is 0.00301. The summed E-state index contributed by atoms with van der Waals surface area (Å²) >= 11 is 0. The van der Waals surface area contributed by atoms with E-state index in [0.29, 0.717) is 5.75 Å². The third-order valence-corrected chi connectivity index (χ3v) is 2.79. The number of methoxy groups -OCH3 is 1. The van der Waals surface area contributed by atoms with Gasteiger partial charge in [0.2, 0.25) is 0 Å². The van der Waals surface area contributed by atoms with E-state index in [9.17, 15) is 19.7 Å². The average Bonchev–Trinajstić information content (AvgIpc) is 2.46. The van der Waals surface area contributed by atoms with Crippen LogP contribution in [0, 0.1) is 16.0 Å². The summed E-state index contributed by atoms with van der Waals surface area (Å²) in [5, 5.41) is 13.4. The maximum atomic E-state index is 12.0. The quantitative estimate of drug-likeness (QED) is 0.490. The number of hydrogen-bond acceptors (Lipinski definition) is 6. The number of nitro groups is 1. The van der Waals surface area contributed by atoms with Gasteiger partial charge in [0, 0.05) is 0 Å². The number of carbonyl (C=O) groups is 2. The van der Waals surface area contributed by atoms with Crippen molar-refractivity contribution >= 4 is 23.3 Å². The molecule has 1 aromatic carbocycles. The Morgan fingerprint density at radius 1 is 1.27 bits per heavy atom. The molecule has 120 valence electrons. The molecule has 0 saturated carbocycles. The van der Waals surface area contributed by atoms with Gasteiger partial charge in [0.1, 0.15) is 11.4 Å². The molecule has 0 aliphatic rings. The maximum absolute atomic E-state index is 12.0. The molecule has 0 aliphatic heterocycles. The van der Waals surface area contributed by atoms with E-state index in [4.69, 9.17) is 9.47 Å². The van der Waals surface area contributed by atoms with E-state index in [1.54, 1.807) is 13.8 Å². The summed E-state index contributed by atoms with van der Waals surface area (Å²) in [6.45, 7) is 4.67. The monoisotopic (exact) mass is 310 g/mol. The van der Waals surface area contributed by atoms with Crippen LogP contribution in [0.2, 0.25) is 0 Å². The van der Waals surface area contributed by atoms with Gasteiger partial charge in [0.05, 0.1) is 24.0 Å². The molecule has 8 nitrogen and oxygen atoms in total. The summed E-state index contributed by atoms with van der Waals surface area (Å²) in [6, 6.07) is 4.03. The molecule has 0 bridgehead atoms. The average molecular weight is 310 g/mol. The smallest absolute Gasteiger partial charge is 0.309 e. The Morgan fingerprint density at radius 3 is 2.41 bits per heavy atom. The van der Waals surface area contributed by atoms with Crippen LogP contribution in [0.15, 0.2) is 18.2 Å². The minimum atomic E-state index is -1.06. The van der Waals surface area contributed by atoms with E-state index < -0.39 is 22.9 Å². The SMILES string of the molecule is COc1ccc(NC(=O)C(C)OC(=O)C(C)C)c([N+](=O)[O-])c1. The van der Waals surface area contributed by atoms with Crippen LogP contribution in [0.1, 0.15) is 20.8 Å². The lowest BCUT2D eigenvalue weighted by molar-refractivity contribution is -0.384. The van der Waals surface area contributed by atoms with Gasteiger partial charge in [-0.25, -0.2) is 0 Å². The van der Waals surface area contributed by atoms with Crippen molar-refractivity contribution in [1.29, 1.82) is 0 Å². The molecule has 22 heavy (non-hydrogen) atoms. The predicted octanol–water partition coefficient (Wildman–Crippen LogP) is 2.13. The van der Waals surface area contributed by atoms with Crippen LogP contribution in [0.4, 0.5) is 11.4 Å². The van der Waals surface area contributed by atoms with Crippen molar-refractivity contribution in [3.05, 3.63) is 28.3 Å². The maximum Gasteiger partial charge on any atom is 0.309 e. The zero-order valence-corrected chi connectivity index (χ0v) is 12.8. The van der Waals surface area contributed by atoms with Gasteiger partial charge < -0.3 is 14.8 Å². The number of carbonyl (C=O) groups excluding carboxylic acids is 2. The highest BCUT2D eigenvalue weighted by Crippen LogP contribution is 2.29. The molecule has 1 rings (SSSR count). The standard InChI is InChI=1S/C14H18N2O6/c1-8(2)14(18)22-9(3)13(17)15-11-6-5-10(21-4)7-12(11)16(19)20/h5-9H,1-4H3,(H,15,17). The lowest BCUT2D eigenvalue weighted by Gasteiger charge is -2.15. The fourth-order valence-electron chi connectivity index (χ4n) is 1.49. The molecule has 0 spiro atoms. The van der Waals surface area contributed by atoms with E-state index >= 15 is 0 Å². The van der Waals surface area contributed by atoms with Gasteiger partial charge in [-0.1, -0.05) is 13.8 Å². The van der Waals surface area contributed by atoms with Gasteiger partial charge >= 0.3 is 5.97 Å². The molecule has 0 heterocycles. The van der Waals surface area contributed by atoms with Crippen molar-refractivity contribution < 1.29 is 24.0 Å². The number of benzene rings is 1. The van der Waals surface area contributed by atoms with Crippen molar-refractivity contribution in [2.45, 2.75) is 26.9 Å². The number of hydrogen-bond donors (Lipinski definition) is 1. The summed E-state index contributed by atoms with van der Waals surface area (Å²) < 4.78 is 9.85. The minimum Gasteiger partial charge on any atom is -0.496 e. The second kappa shape index (κ2) is 7.39. The van der Waals surface area contributed by atoms with Crippen molar-refractivity contribution in [1.82, 2.24) is 0 Å². The van der Waals surface area contributed by atoms with Crippen molar-refractivity contribution in [2.24, 2.45) is 5.92 Å². The third kappa shape index (κ3) is 4.44. The molecule has 1 amide bonds. The number of nitro benzene ring substituents is 1. The first-order valence-electron chi connectivity index (χ1n) is 6.60. The summed E-state index contributed by atoms with van der Waals surface area (Å²) in [4.78, 5) is 33.8. The van der Waals surface area contributed by atoms with Crippen LogP contribution < -0.4 is 10.1 Å². The van der Waals surface area contributed by atoms with E-state index in [0.717, 1.165) is 0 Å². The number of nitrogens with zero attached hydrogens (tertiary/aromatic N) is 1. The van der Waals surface area contributed by atoms with Gasteiger partial charge in [-0.2, -0.15) is 0 Å². The Labute approximate surface area is 127 Å². The topological polar surface area (TPSA) is 108 Å². The molecule has 0 radical (unpaired) electrons. The van der Waals surface area contributed by atoms with Crippen molar-refractivity contribution in [2.75, 3.05) is 12.4 Å². The van der Waals surface area contributed by atoms with Crippen LogP contribution in [0.25, 0.3) is 0 Å². The Hall–Kier alpha value is -2.64. The second-order valence-corrected chi connectivity index (χ2v) is 4.86. The number of amides is 1. The summed E-state index contributed by atoms with van der Waals surface area (Å²) in [6.07, 6.45) is -1.06. The largest absolute Gasteiger partial charge is 0.496 e. The lowest BCUT2D eigenvalue weighted by atomic mass is 10.2. The molecule has 0 fully saturated rings. The first-order valence-corrected chi connectivity index (χ1v) is 6.60. The zero-order chi connectivity index (χ0) is 16.9. The third-order valence-electron chi connectivity index (χ3n) is 2.79. The predicted molar refractivity (Wildman–Crippen MR) is 78.7 cm³/mol. The first-order chi connectivity index (χ1) is 10.3. The molecule has 1 unspecified atom stereocenters. The molecule has 1 atom stereocenters. The fourth-order valence-corrected chi connectivity index (χ4v) is 1.49. The first kappa shape index (κ1) is 17.4. The van der Waals surface area contributed by atoms with Gasteiger partial charge in [0.25, 0.3) is 11.6 Å². The Kier molecular flexibility index (Phi) is 5.85. The van der Waals surface area contributed by atoms with Crippen LogP contribution in [-0.4, -0.2) is 30.0 Å². The van der Waals surface area contributed by atoms with Gasteiger partial charge in [-0.05, 0) is 19.1 Å². The van der Waals surface area contributed by atoms with Crippen LogP contribution in [0.5, 0.6) is 5.75 Å². The van der Waals surface area contributed by atoms with Gasteiger partial charge in [0.15, 0.2) is 6.10 Å². The summed E-state index contributed by atoms with van der Waals surface area (Å²) in [7, 11) is 1.38. The molecular formula is C14H18N2O6. The zero-order valence-electron chi connectivity index (χ0n) is 12.8. The van der Waals surface area contributed by atoms with Gasteiger partial charge in [-0.3, -0.25) is 19.7 Å². The van der Waals surface area contributed by atoms with E-state index in [2.05, 4.69) is 5.32 Å². The van der Waals surface area contributed by atoms with Crippen LogP contribution in [-0.2, 0) is 14.3 Å². The Balaban J connectivity index is 2.88. The lowest BCUT2D eigenvalue weighted by Crippen LogP contribution is -2.31. The molecule has 0 aromatic heterocycles. The van der Waals surface area contributed by atoms with Crippen molar-refractivity contribution in [3.8, 4) is 5.75 Å². The highest BCUT2D eigenvalue weighted by molar-refractivity contribution is 5.97. The molecule has 0 aliphatic carbocycles. The molecule has 8 heteroatoms. The molecule has 1 aromatic rings. The molecule has 1 N–H and O–H groups in total. The molecule has 0 saturated heterocycles. The number of nitrogens with one attached hydrogen (secondary N) is 1. The number of esters is 1. The molecular weight excluding hydrogens is 292 g/mol. The van der Waals surface area contributed by atoms with Gasteiger partial charge in [-0.15, -0.1) is 0 Å². The van der Waals surface area contributed by atoms with Crippen LogP contribution in [0.3, 0.4) is 0 Å². The van der Waals surface area contributed by atoms with Crippen molar-refractivity contribution in [3.63, 3.8) is 0 Å². The van der Waals surface area contributed by atoms with Crippen LogP contribution >= 0.6 is 0 Å². The highest BCUT2D eigenvalue weighted by atomic mass is 16.6. The number of anilines is 1. The van der Waals surface area contributed by atoms with E-state index in [1.807, 2.05) is 0 Å². The second-order valence-electron chi connectivity index (χ2n) is 4.86. The number of ether oxygens (including phenoxy) is 2. The normalized spacial score (nSPS) is 11.7. The van der Waals surface area contributed by atoms with E-state index in [-0.39, 0.29) is 17.3 Å². The highest BCUT2D eigenvalue weighted by Gasteiger charge is 2.23. The summed E-state index contributed by atoms with van der Waals surface area (Å²) in [5.41, 5.74) is -0.307. The van der Waals surface area contributed by atoms with E-state index in [1.165, 1.54) is 32.2 Å². The number of rotatable bonds is 6. The summed E-state index contributed by atoms with van der Waals surface area (Å²) in [5.74, 6) is -1.25. The Morgan fingerprint density at radius 2 is 1.91 bits per heavy atom.